The van der Waals surface area contributed by atoms with E-state index < -0.39 is 6.10 Å². The molecule has 0 saturated carbocycles. The van der Waals surface area contributed by atoms with E-state index in [2.05, 4.69) is 10.4 Å². The van der Waals surface area contributed by atoms with Crippen molar-refractivity contribution in [2.24, 2.45) is 0 Å². The second kappa shape index (κ2) is 9.53. The summed E-state index contributed by atoms with van der Waals surface area (Å²) in [6.07, 6.45) is 4.45. The number of ether oxygens (including phenoxy) is 3. The second-order valence-corrected chi connectivity index (χ2v) is 6.68. The molecule has 3 rings (SSSR count). The minimum absolute atomic E-state index is 0.0922. The van der Waals surface area contributed by atoms with Gasteiger partial charge in [0.15, 0.2) is 0 Å². The Morgan fingerprint density at radius 2 is 2.15 bits per heavy atom. The Labute approximate surface area is 159 Å². The lowest BCUT2D eigenvalue weighted by Crippen LogP contribution is -2.33. The number of nitrogens with one attached hydrogen (secondary N) is 1. The quantitative estimate of drug-likeness (QED) is 0.770. The zero-order chi connectivity index (χ0) is 19.1. The minimum Gasteiger partial charge on any atom is -0.497 e. The lowest BCUT2D eigenvalue weighted by molar-refractivity contribution is -0.130. The summed E-state index contributed by atoms with van der Waals surface area (Å²) >= 11 is 0. The molecule has 1 aromatic heterocycles. The van der Waals surface area contributed by atoms with Crippen LogP contribution in [0.5, 0.6) is 5.75 Å². The molecule has 0 radical (unpaired) electrons. The average molecular weight is 373 g/mol. The predicted octanol–water partition coefficient (Wildman–Crippen LogP) is 2.85. The number of amides is 1. The maximum absolute atomic E-state index is 12.4. The van der Waals surface area contributed by atoms with Crippen LogP contribution in [0, 0.1) is 0 Å². The topological polar surface area (TPSA) is 74.6 Å². The van der Waals surface area contributed by atoms with Crippen molar-refractivity contribution >= 4 is 11.7 Å². The van der Waals surface area contributed by atoms with Gasteiger partial charge in [0.2, 0.25) is 0 Å². The summed E-state index contributed by atoms with van der Waals surface area (Å²) in [5, 5.41) is 7.19. The normalized spacial score (nSPS) is 18.1. The first-order valence-electron chi connectivity index (χ1n) is 9.34. The fraction of sp³-hybridized carbons (Fsp3) is 0.500. The van der Waals surface area contributed by atoms with E-state index in [9.17, 15) is 4.79 Å². The van der Waals surface area contributed by atoms with Crippen LogP contribution in [0.2, 0.25) is 0 Å². The molecule has 1 N–H and O–H groups in total. The van der Waals surface area contributed by atoms with Gasteiger partial charge in [-0.25, -0.2) is 4.68 Å². The molecule has 1 aliphatic heterocycles. The van der Waals surface area contributed by atoms with Crippen molar-refractivity contribution in [3.8, 4) is 5.75 Å². The Balaban J connectivity index is 1.52. The monoisotopic (exact) mass is 373 g/mol. The van der Waals surface area contributed by atoms with Gasteiger partial charge >= 0.3 is 0 Å². The largest absolute Gasteiger partial charge is 0.497 e. The standard InChI is InChI=1S/C20H27N3O4/c1-15(27-14-18-5-3-4-12-26-18)20(24)22-19-10-11-21-23(19)13-16-6-8-17(25-2)9-7-16/h6-11,15,18H,3-5,12-14H2,1-2H3,(H,22,24). The van der Waals surface area contributed by atoms with Crippen molar-refractivity contribution in [3.63, 3.8) is 0 Å². The molecule has 2 atom stereocenters. The van der Waals surface area contributed by atoms with E-state index >= 15 is 0 Å². The Hall–Kier alpha value is -2.38. The van der Waals surface area contributed by atoms with E-state index in [4.69, 9.17) is 14.2 Å². The van der Waals surface area contributed by atoms with E-state index in [1.807, 2.05) is 24.3 Å². The van der Waals surface area contributed by atoms with Gasteiger partial charge in [0.25, 0.3) is 5.91 Å². The highest BCUT2D eigenvalue weighted by molar-refractivity contribution is 5.93. The lowest BCUT2D eigenvalue weighted by Gasteiger charge is -2.24. The van der Waals surface area contributed by atoms with Gasteiger partial charge in [-0.1, -0.05) is 12.1 Å². The smallest absolute Gasteiger partial charge is 0.254 e. The molecular weight excluding hydrogens is 346 g/mol. The molecule has 7 nitrogen and oxygen atoms in total. The van der Waals surface area contributed by atoms with Gasteiger partial charge in [0.1, 0.15) is 17.7 Å². The fourth-order valence-corrected chi connectivity index (χ4v) is 2.96. The number of benzene rings is 1. The average Bonchev–Trinajstić information content (AvgIpc) is 3.14. The van der Waals surface area contributed by atoms with Gasteiger partial charge in [0.05, 0.1) is 32.6 Å². The molecular formula is C20H27N3O4. The molecule has 2 unspecified atom stereocenters. The number of carbonyl (C=O) groups excluding carboxylic acids is 1. The van der Waals surface area contributed by atoms with Gasteiger partial charge in [-0.05, 0) is 43.9 Å². The molecule has 1 amide bonds. The molecule has 0 aliphatic carbocycles. The van der Waals surface area contributed by atoms with Crippen molar-refractivity contribution < 1.29 is 19.0 Å². The van der Waals surface area contributed by atoms with Crippen molar-refractivity contribution in [2.75, 3.05) is 25.6 Å². The van der Waals surface area contributed by atoms with Gasteiger partial charge < -0.3 is 19.5 Å². The molecule has 1 aliphatic rings. The number of nitrogens with zero attached hydrogens (tertiary/aromatic N) is 2. The number of carbonyl (C=O) groups is 1. The Bertz CT molecular complexity index is 723. The van der Waals surface area contributed by atoms with E-state index in [1.165, 1.54) is 0 Å². The van der Waals surface area contributed by atoms with Crippen LogP contribution < -0.4 is 10.1 Å². The van der Waals surface area contributed by atoms with Crippen LogP contribution in [0.3, 0.4) is 0 Å². The van der Waals surface area contributed by atoms with Crippen LogP contribution >= 0.6 is 0 Å². The highest BCUT2D eigenvalue weighted by Crippen LogP contribution is 2.16. The Kier molecular flexibility index (Phi) is 6.84. The van der Waals surface area contributed by atoms with Gasteiger partial charge in [-0.15, -0.1) is 0 Å². The van der Waals surface area contributed by atoms with Gasteiger partial charge in [-0.2, -0.15) is 5.10 Å². The van der Waals surface area contributed by atoms with E-state index in [0.29, 0.717) is 19.0 Å². The molecule has 0 bridgehead atoms. The SMILES string of the molecule is COc1ccc(Cn2nccc2NC(=O)C(C)OCC2CCCCO2)cc1. The second-order valence-electron chi connectivity index (χ2n) is 6.68. The number of rotatable bonds is 8. The minimum atomic E-state index is -0.556. The highest BCUT2D eigenvalue weighted by atomic mass is 16.5. The number of aromatic nitrogens is 2. The van der Waals surface area contributed by atoms with Crippen LogP contribution in [0.25, 0.3) is 0 Å². The van der Waals surface area contributed by atoms with Crippen molar-refractivity contribution in [1.29, 1.82) is 0 Å². The Morgan fingerprint density at radius 1 is 1.33 bits per heavy atom. The number of hydrogen-bond acceptors (Lipinski definition) is 5. The summed E-state index contributed by atoms with van der Waals surface area (Å²) in [6.45, 7) is 3.53. The molecule has 146 valence electrons. The van der Waals surface area contributed by atoms with E-state index in [0.717, 1.165) is 37.2 Å². The molecule has 2 heterocycles. The van der Waals surface area contributed by atoms with Crippen LogP contribution in [-0.2, 0) is 20.8 Å². The predicted molar refractivity (Wildman–Crippen MR) is 102 cm³/mol. The van der Waals surface area contributed by atoms with Crippen molar-refractivity contribution in [2.45, 2.75) is 44.9 Å². The van der Waals surface area contributed by atoms with Crippen LogP contribution in [-0.4, -0.2) is 48.2 Å². The zero-order valence-corrected chi connectivity index (χ0v) is 15.9. The number of methoxy groups -OCH3 is 1. The van der Waals surface area contributed by atoms with Crippen LogP contribution in [0.4, 0.5) is 5.82 Å². The summed E-state index contributed by atoms with van der Waals surface area (Å²) in [7, 11) is 1.64. The number of hydrogen-bond donors (Lipinski definition) is 1. The molecule has 7 heteroatoms. The van der Waals surface area contributed by atoms with Gasteiger partial charge in [-0.3, -0.25) is 4.79 Å². The fourth-order valence-electron chi connectivity index (χ4n) is 2.96. The summed E-state index contributed by atoms with van der Waals surface area (Å²) in [5.74, 6) is 1.25. The Morgan fingerprint density at radius 3 is 2.85 bits per heavy atom. The van der Waals surface area contributed by atoms with Crippen LogP contribution in [0.15, 0.2) is 36.5 Å². The molecule has 1 saturated heterocycles. The van der Waals surface area contributed by atoms with Gasteiger partial charge in [0, 0.05) is 12.7 Å². The number of anilines is 1. The lowest BCUT2D eigenvalue weighted by atomic mass is 10.1. The van der Waals surface area contributed by atoms with Crippen molar-refractivity contribution in [1.82, 2.24) is 9.78 Å². The first kappa shape index (κ1) is 19.4. The first-order chi connectivity index (χ1) is 13.2. The third-order valence-corrected chi connectivity index (χ3v) is 4.63. The van der Waals surface area contributed by atoms with Crippen LogP contribution in [0.1, 0.15) is 31.7 Å². The third-order valence-electron chi connectivity index (χ3n) is 4.63. The molecule has 0 spiro atoms. The molecule has 1 fully saturated rings. The van der Waals surface area contributed by atoms with Crippen molar-refractivity contribution in [3.05, 3.63) is 42.1 Å². The van der Waals surface area contributed by atoms with E-state index in [1.54, 1.807) is 31.0 Å². The molecule has 27 heavy (non-hydrogen) atoms. The highest BCUT2D eigenvalue weighted by Gasteiger charge is 2.20. The molecule has 2 aromatic rings. The maximum Gasteiger partial charge on any atom is 0.254 e. The maximum atomic E-state index is 12.4. The summed E-state index contributed by atoms with van der Waals surface area (Å²) in [5.41, 5.74) is 1.06. The van der Waals surface area contributed by atoms with E-state index in [-0.39, 0.29) is 12.0 Å². The molecule has 1 aromatic carbocycles. The summed E-state index contributed by atoms with van der Waals surface area (Å²) in [4.78, 5) is 12.4. The summed E-state index contributed by atoms with van der Waals surface area (Å²) < 4.78 is 18.2. The summed E-state index contributed by atoms with van der Waals surface area (Å²) in [6, 6.07) is 9.53. The third kappa shape index (κ3) is 5.55. The zero-order valence-electron chi connectivity index (χ0n) is 15.9. The first-order valence-corrected chi connectivity index (χ1v) is 9.34.